The third-order valence-corrected chi connectivity index (χ3v) is 4.12. The number of nitrogens with one attached hydrogen (secondary N) is 1. The van der Waals surface area contributed by atoms with Gasteiger partial charge in [-0.15, -0.1) is 23.1 Å². The monoisotopic (exact) mass is 289 g/mol. The molecule has 1 amide bonds. The van der Waals surface area contributed by atoms with Gasteiger partial charge in [-0.25, -0.2) is 4.79 Å². The molecule has 1 heterocycles. The first-order valence-electron chi connectivity index (χ1n) is 5.37. The number of hydrogen-bond donors (Lipinski definition) is 3. The second-order valence-corrected chi connectivity index (χ2v) is 5.58. The minimum absolute atomic E-state index is 0.0245. The molecule has 0 fully saturated rings. The fourth-order valence-electron chi connectivity index (χ4n) is 1.16. The molecule has 0 saturated carbocycles. The summed E-state index contributed by atoms with van der Waals surface area (Å²) in [7, 11) is 0. The Morgan fingerprint density at radius 1 is 1.50 bits per heavy atom. The van der Waals surface area contributed by atoms with Crippen LogP contribution in [0.4, 0.5) is 0 Å². The summed E-state index contributed by atoms with van der Waals surface area (Å²) < 4.78 is 0. The van der Waals surface area contributed by atoms with Crippen molar-refractivity contribution in [2.45, 2.75) is 18.3 Å². The van der Waals surface area contributed by atoms with Gasteiger partial charge in [0.05, 0.1) is 5.75 Å². The lowest BCUT2D eigenvalue weighted by atomic mass is 10.2. The summed E-state index contributed by atoms with van der Waals surface area (Å²) in [6, 6.07) is 3.98. The molecule has 1 atom stereocenters. The van der Waals surface area contributed by atoms with Crippen molar-refractivity contribution in [3.63, 3.8) is 0 Å². The molecule has 1 aromatic rings. The number of rotatable bonds is 8. The zero-order chi connectivity index (χ0) is 13.4. The van der Waals surface area contributed by atoms with Crippen LogP contribution in [-0.4, -0.2) is 40.5 Å². The Bertz CT molecular complexity index is 380. The van der Waals surface area contributed by atoms with Gasteiger partial charge >= 0.3 is 5.97 Å². The summed E-state index contributed by atoms with van der Waals surface area (Å²) in [6.07, 6.45) is -1.39. The smallest absolute Gasteiger partial charge is 0.332 e. The van der Waals surface area contributed by atoms with E-state index in [1.165, 1.54) is 16.6 Å². The third kappa shape index (κ3) is 6.04. The first-order chi connectivity index (χ1) is 8.59. The first kappa shape index (κ1) is 15.0. The van der Waals surface area contributed by atoms with Crippen molar-refractivity contribution in [2.24, 2.45) is 0 Å². The van der Waals surface area contributed by atoms with Gasteiger partial charge in [0, 0.05) is 23.6 Å². The Morgan fingerprint density at radius 2 is 2.28 bits per heavy atom. The number of aliphatic carboxylic acids is 1. The van der Waals surface area contributed by atoms with E-state index in [1.54, 1.807) is 11.3 Å². The van der Waals surface area contributed by atoms with Crippen molar-refractivity contribution in [3.8, 4) is 0 Å². The molecule has 3 N–H and O–H groups in total. The second kappa shape index (κ2) is 8.12. The van der Waals surface area contributed by atoms with Gasteiger partial charge in [-0.1, -0.05) is 6.07 Å². The van der Waals surface area contributed by atoms with E-state index in [4.69, 9.17) is 10.2 Å². The van der Waals surface area contributed by atoms with Gasteiger partial charge in [0.25, 0.3) is 0 Å². The van der Waals surface area contributed by atoms with E-state index < -0.39 is 12.1 Å². The van der Waals surface area contributed by atoms with Gasteiger partial charge in [-0.3, -0.25) is 4.79 Å². The molecule has 0 aliphatic heterocycles. The van der Waals surface area contributed by atoms with Crippen molar-refractivity contribution in [1.29, 1.82) is 0 Å². The van der Waals surface area contributed by atoms with Crippen LogP contribution >= 0.6 is 23.1 Å². The number of aliphatic hydroxyl groups excluding tert-OH is 1. The Labute approximate surface area is 113 Å². The summed E-state index contributed by atoms with van der Waals surface area (Å²) in [5, 5.41) is 22.0. The second-order valence-electron chi connectivity index (χ2n) is 3.56. The third-order valence-electron chi connectivity index (χ3n) is 2.08. The van der Waals surface area contributed by atoms with Crippen LogP contribution in [0.15, 0.2) is 17.5 Å². The maximum atomic E-state index is 11.4. The molecule has 0 aromatic carbocycles. The van der Waals surface area contributed by atoms with Crippen molar-refractivity contribution in [3.05, 3.63) is 22.4 Å². The number of aliphatic hydroxyl groups is 1. The van der Waals surface area contributed by atoms with Crippen molar-refractivity contribution < 1.29 is 19.8 Å². The van der Waals surface area contributed by atoms with Crippen molar-refractivity contribution >= 4 is 35.0 Å². The number of thiophene rings is 1. The van der Waals surface area contributed by atoms with E-state index >= 15 is 0 Å². The van der Waals surface area contributed by atoms with Crippen LogP contribution in [0.25, 0.3) is 0 Å². The van der Waals surface area contributed by atoms with Crippen LogP contribution < -0.4 is 5.32 Å². The molecule has 100 valence electrons. The van der Waals surface area contributed by atoms with E-state index in [1.807, 2.05) is 17.5 Å². The quantitative estimate of drug-likeness (QED) is 0.663. The van der Waals surface area contributed by atoms with Crippen LogP contribution in [0, 0.1) is 0 Å². The van der Waals surface area contributed by atoms with E-state index in [-0.39, 0.29) is 18.9 Å². The Hall–Kier alpha value is -1.05. The summed E-state index contributed by atoms with van der Waals surface area (Å²) >= 11 is 3.15. The lowest BCUT2D eigenvalue weighted by Crippen LogP contribution is -2.31. The topological polar surface area (TPSA) is 86.6 Å². The van der Waals surface area contributed by atoms with Crippen LogP contribution in [0.1, 0.15) is 11.3 Å². The molecule has 0 aliphatic rings. The average molecular weight is 289 g/mol. The summed E-state index contributed by atoms with van der Waals surface area (Å²) in [5.41, 5.74) is 0. The zero-order valence-electron chi connectivity index (χ0n) is 9.67. The highest BCUT2D eigenvalue weighted by atomic mass is 32.2. The molecule has 5 nitrogen and oxygen atoms in total. The molecule has 7 heteroatoms. The van der Waals surface area contributed by atoms with Crippen LogP contribution in [0.3, 0.4) is 0 Å². The van der Waals surface area contributed by atoms with E-state index in [0.717, 1.165) is 5.75 Å². The highest BCUT2D eigenvalue weighted by Crippen LogP contribution is 2.16. The molecule has 0 saturated heterocycles. The highest BCUT2D eigenvalue weighted by molar-refractivity contribution is 7.99. The van der Waals surface area contributed by atoms with Gasteiger partial charge in [0.15, 0.2) is 6.10 Å². The molecule has 0 radical (unpaired) electrons. The predicted molar refractivity (Wildman–Crippen MR) is 71.8 cm³/mol. The van der Waals surface area contributed by atoms with E-state index in [0.29, 0.717) is 5.75 Å². The minimum Gasteiger partial charge on any atom is -0.479 e. The molecule has 0 aliphatic carbocycles. The molecule has 0 spiro atoms. The standard InChI is InChI=1S/C11H15NO4S2/c13-9(11(15)16)3-4-12-10(14)7-17-6-8-2-1-5-18-8/h1-2,5,9,13H,3-4,6-7H2,(H,12,14)(H,15,16)/t9-/m0/s1. The number of carbonyl (C=O) groups is 2. The fourth-order valence-corrected chi connectivity index (χ4v) is 2.86. The summed E-state index contributed by atoms with van der Waals surface area (Å²) in [5.74, 6) is -0.283. The molecular weight excluding hydrogens is 274 g/mol. The first-order valence-corrected chi connectivity index (χ1v) is 7.40. The van der Waals surface area contributed by atoms with Gasteiger partial charge in [0.1, 0.15) is 0 Å². The lowest BCUT2D eigenvalue weighted by Gasteiger charge is -2.07. The predicted octanol–water partition coefficient (Wildman–Crippen LogP) is 0.933. The molecule has 0 bridgehead atoms. The molecule has 1 aromatic heterocycles. The highest BCUT2D eigenvalue weighted by Gasteiger charge is 2.12. The minimum atomic E-state index is -1.41. The number of amides is 1. The lowest BCUT2D eigenvalue weighted by molar-refractivity contribution is -0.147. The van der Waals surface area contributed by atoms with E-state index in [2.05, 4.69) is 5.32 Å². The zero-order valence-corrected chi connectivity index (χ0v) is 11.3. The van der Waals surface area contributed by atoms with Crippen LogP contribution in [0.2, 0.25) is 0 Å². The van der Waals surface area contributed by atoms with Gasteiger partial charge < -0.3 is 15.5 Å². The number of carboxylic acids is 1. The van der Waals surface area contributed by atoms with Gasteiger partial charge in [0.2, 0.25) is 5.91 Å². The Balaban J connectivity index is 2.05. The number of carbonyl (C=O) groups excluding carboxylic acids is 1. The van der Waals surface area contributed by atoms with Crippen molar-refractivity contribution in [1.82, 2.24) is 5.32 Å². The average Bonchev–Trinajstić information content (AvgIpc) is 2.81. The molecule has 18 heavy (non-hydrogen) atoms. The van der Waals surface area contributed by atoms with Gasteiger partial charge in [-0.05, 0) is 11.4 Å². The maximum absolute atomic E-state index is 11.4. The van der Waals surface area contributed by atoms with E-state index in [9.17, 15) is 9.59 Å². The fraction of sp³-hybridized carbons (Fsp3) is 0.455. The van der Waals surface area contributed by atoms with Crippen LogP contribution in [0.5, 0.6) is 0 Å². The maximum Gasteiger partial charge on any atom is 0.332 e. The molecular formula is C11H15NO4S2. The van der Waals surface area contributed by atoms with Gasteiger partial charge in [-0.2, -0.15) is 0 Å². The van der Waals surface area contributed by atoms with Crippen molar-refractivity contribution in [2.75, 3.05) is 12.3 Å². The largest absolute Gasteiger partial charge is 0.479 e. The van der Waals surface area contributed by atoms with Crippen LogP contribution in [-0.2, 0) is 15.3 Å². The normalized spacial score (nSPS) is 12.1. The summed E-state index contributed by atoms with van der Waals surface area (Å²) in [4.78, 5) is 22.9. The summed E-state index contributed by atoms with van der Waals surface area (Å²) in [6.45, 7) is 0.172. The Kier molecular flexibility index (Phi) is 6.77. The molecule has 0 unspecified atom stereocenters. The SMILES string of the molecule is O=C(CSCc1cccs1)NCC[C@H](O)C(=O)O. The number of hydrogen-bond acceptors (Lipinski definition) is 5. The number of thioether (sulfide) groups is 1. The molecule has 1 rings (SSSR count). The Morgan fingerprint density at radius 3 is 2.89 bits per heavy atom. The number of carboxylic acid groups (broad SMARTS) is 1.